The van der Waals surface area contributed by atoms with Crippen LogP contribution < -0.4 is 0 Å². The normalized spacial score (nSPS) is 10.9. The molecular weight excluding hydrogens is 374 g/mol. The molecule has 0 aliphatic carbocycles. The van der Waals surface area contributed by atoms with Crippen LogP contribution in [0.25, 0.3) is 39.3 Å². The Bertz CT molecular complexity index is 1340. The number of aromatic nitrogens is 3. The van der Waals surface area contributed by atoms with E-state index in [4.69, 9.17) is 0 Å². The number of hydrogen-bond donors (Lipinski definition) is 1. The van der Waals surface area contributed by atoms with Crippen LogP contribution in [0, 0.1) is 0 Å². The van der Waals surface area contributed by atoms with Crippen LogP contribution in [0.3, 0.4) is 0 Å². The highest BCUT2D eigenvalue weighted by molar-refractivity contribution is 5.87. The quantitative estimate of drug-likeness (QED) is 0.444. The zero-order chi connectivity index (χ0) is 20.5. The number of hydrogen-bond acceptors (Lipinski definition) is 3. The predicted octanol–water partition coefficient (Wildman–Crippen LogP) is 5.43. The van der Waals surface area contributed by atoms with E-state index in [1.165, 1.54) is 6.07 Å². The lowest BCUT2D eigenvalue weighted by Crippen LogP contribution is -2.01. The molecule has 0 aliphatic heterocycles. The van der Waals surface area contributed by atoms with Crippen LogP contribution in [0.4, 0.5) is 0 Å². The molecule has 0 aliphatic rings. The van der Waals surface area contributed by atoms with E-state index in [9.17, 15) is 9.90 Å². The van der Waals surface area contributed by atoms with Crippen LogP contribution in [-0.4, -0.2) is 25.7 Å². The largest absolute Gasteiger partial charge is 0.476 e. The first-order chi connectivity index (χ1) is 14.7. The van der Waals surface area contributed by atoms with Crippen LogP contribution in [-0.2, 0) is 0 Å². The number of carboxylic acid groups (broad SMARTS) is 1. The van der Waals surface area contributed by atoms with Crippen molar-refractivity contribution in [3.05, 3.63) is 103 Å². The van der Waals surface area contributed by atoms with Gasteiger partial charge in [0.2, 0.25) is 0 Å². The third-order valence-corrected chi connectivity index (χ3v) is 5.00. The Morgan fingerprint density at radius 2 is 1.27 bits per heavy atom. The third-order valence-electron chi connectivity index (χ3n) is 5.00. The van der Waals surface area contributed by atoms with Gasteiger partial charge in [-0.05, 0) is 17.2 Å². The van der Waals surface area contributed by atoms with Crippen LogP contribution in [0.1, 0.15) is 10.5 Å². The second-order valence-electron chi connectivity index (χ2n) is 6.94. The minimum atomic E-state index is -1.08. The van der Waals surface area contributed by atoms with Crippen LogP contribution in [0.5, 0.6) is 0 Å². The number of aromatic carboxylic acids is 1. The van der Waals surface area contributed by atoms with E-state index in [1.807, 2.05) is 66.7 Å². The number of fused-ring (bicyclic) bond motifs is 1. The maximum atomic E-state index is 11.5. The van der Waals surface area contributed by atoms with E-state index in [2.05, 4.69) is 34.3 Å². The molecule has 0 unspecified atom stereocenters. The molecule has 144 valence electrons. The summed E-state index contributed by atoms with van der Waals surface area (Å²) in [5, 5.41) is 13.7. The molecule has 0 saturated carbocycles. The van der Waals surface area contributed by atoms with Crippen molar-refractivity contribution >= 4 is 11.6 Å². The Hall–Kier alpha value is -4.25. The molecule has 5 rings (SSSR count). The predicted molar refractivity (Wildman–Crippen MR) is 116 cm³/mol. The highest BCUT2D eigenvalue weighted by Gasteiger charge is 2.15. The molecule has 0 fully saturated rings. The van der Waals surface area contributed by atoms with Crippen molar-refractivity contribution in [2.45, 2.75) is 0 Å². The smallest absolute Gasteiger partial charge is 0.356 e. The third kappa shape index (κ3) is 3.22. The molecule has 0 radical (unpaired) electrons. The molecule has 2 aromatic heterocycles. The van der Waals surface area contributed by atoms with Crippen molar-refractivity contribution in [1.82, 2.24) is 14.6 Å². The van der Waals surface area contributed by atoms with Gasteiger partial charge in [-0.25, -0.2) is 14.3 Å². The Balaban J connectivity index is 1.68. The molecule has 1 N–H and O–H groups in total. The Morgan fingerprint density at radius 1 is 0.700 bits per heavy atom. The fraction of sp³-hybridized carbons (Fsp3) is 0. The number of benzene rings is 3. The van der Waals surface area contributed by atoms with Crippen LogP contribution >= 0.6 is 0 Å². The second kappa shape index (κ2) is 7.29. The van der Waals surface area contributed by atoms with E-state index in [0.29, 0.717) is 5.65 Å². The maximum absolute atomic E-state index is 11.5. The molecule has 0 bridgehead atoms. The van der Waals surface area contributed by atoms with Gasteiger partial charge in [-0.3, -0.25) is 0 Å². The molecule has 3 aromatic carbocycles. The first kappa shape index (κ1) is 17.8. The van der Waals surface area contributed by atoms with Gasteiger partial charge in [0.1, 0.15) is 0 Å². The zero-order valence-electron chi connectivity index (χ0n) is 15.9. The first-order valence-corrected chi connectivity index (χ1v) is 9.54. The first-order valence-electron chi connectivity index (χ1n) is 9.54. The summed E-state index contributed by atoms with van der Waals surface area (Å²) in [5.74, 6) is -1.08. The van der Waals surface area contributed by atoms with Crippen molar-refractivity contribution in [2.75, 3.05) is 0 Å². The summed E-state index contributed by atoms with van der Waals surface area (Å²) >= 11 is 0. The van der Waals surface area contributed by atoms with Gasteiger partial charge >= 0.3 is 5.97 Å². The second-order valence-corrected chi connectivity index (χ2v) is 6.94. The molecule has 0 saturated heterocycles. The molecule has 0 amide bonds. The van der Waals surface area contributed by atoms with Crippen molar-refractivity contribution in [2.24, 2.45) is 0 Å². The fourth-order valence-corrected chi connectivity index (χ4v) is 3.51. The Morgan fingerprint density at radius 3 is 1.90 bits per heavy atom. The summed E-state index contributed by atoms with van der Waals surface area (Å²) in [4.78, 5) is 16.1. The average Bonchev–Trinajstić information content (AvgIpc) is 3.24. The summed E-state index contributed by atoms with van der Waals surface area (Å²) < 4.78 is 1.59. The van der Waals surface area contributed by atoms with Gasteiger partial charge in [0, 0.05) is 17.2 Å². The van der Waals surface area contributed by atoms with Gasteiger partial charge in [-0.2, -0.15) is 5.10 Å². The Kier molecular flexibility index (Phi) is 4.33. The van der Waals surface area contributed by atoms with E-state index in [-0.39, 0.29) is 5.69 Å². The summed E-state index contributed by atoms with van der Waals surface area (Å²) in [5.41, 5.74) is 6.15. The summed E-state index contributed by atoms with van der Waals surface area (Å²) in [6.07, 6.45) is 0. The molecule has 30 heavy (non-hydrogen) atoms. The standard InChI is InChI=1S/C25H17N3O2/c29-25(30)22-16-24-26-21(19-9-5-2-6-10-19)15-23(28(24)27-22)20-13-11-18(12-14-20)17-7-3-1-4-8-17/h1-16H,(H,29,30). The van der Waals surface area contributed by atoms with Crippen molar-refractivity contribution in [3.63, 3.8) is 0 Å². The van der Waals surface area contributed by atoms with Gasteiger partial charge in [0.15, 0.2) is 11.3 Å². The molecule has 5 heteroatoms. The molecule has 5 nitrogen and oxygen atoms in total. The summed E-state index contributed by atoms with van der Waals surface area (Å²) in [6.45, 7) is 0. The van der Waals surface area contributed by atoms with Crippen molar-refractivity contribution in [3.8, 4) is 33.6 Å². The van der Waals surface area contributed by atoms with E-state index in [0.717, 1.165) is 33.6 Å². The maximum Gasteiger partial charge on any atom is 0.356 e. The molecule has 0 atom stereocenters. The van der Waals surface area contributed by atoms with Crippen molar-refractivity contribution in [1.29, 1.82) is 0 Å². The lowest BCUT2D eigenvalue weighted by atomic mass is 10.0. The summed E-state index contributed by atoms with van der Waals surface area (Å²) in [6, 6.07) is 31.6. The van der Waals surface area contributed by atoms with Gasteiger partial charge in [-0.15, -0.1) is 0 Å². The van der Waals surface area contributed by atoms with E-state index < -0.39 is 5.97 Å². The molecule has 0 spiro atoms. The Labute approximate surface area is 172 Å². The highest BCUT2D eigenvalue weighted by atomic mass is 16.4. The van der Waals surface area contributed by atoms with E-state index in [1.54, 1.807) is 4.52 Å². The molecule has 5 aromatic rings. The number of carbonyl (C=O) groups is 1. The average molecular weight is 391 g/mol. The minimum absolute atomic E-state index is 0.0325. The summed E-state index contributed by atoms with van der Waals surface area (Å²) in [7, 11) is 0. The molecular formula is C25H17N3O2. The van der Waals surface area contributed by atoms with Gasteiger partial charge in [0.25, 0.3) is 0 Å². The fourth-order valence-electron chi connectivity index (χ4n) is 3.51. The number of rotatable bonds is 4. The SMILES string of the molecule is O=C(O)c1cc2nc(-c3ccccc3)cc(-c3ccc(-c4ccccc4)cc3)n2n1. The lowest BCUT2D eigenvalue weighted by molar-refractivity contribution is 0.0690. The minimum Gasteiger partial charge on any atom is -0.476 e. The van der Waals surface area contributed by atoms with Crippen LogP contribution in [0.15, 0.2) is 97.1 Å². The van der Waals surface area contributed by atoms with Gasteiger partial charge in [-0.1, -0.05) is 84.9 Å². The van der Waals surface area contributed by atoms with Crippen molar-refractivity contribution < 1.29 is 9.90 Å². The lowest BCUT2D eigenvalue weighted by Gasteiger charge is -2.10. The van der Waals surface area contributed by atoms with Gasteiger partial charge in [0.05, 0.1) is 11.4 Å². The number of nitrogens with zero attached hydrogens (tertiary/aromatic N) is 3. The topological polar surface area (TPSA) is 67.5 Å². The van der Waals surface area contributed by atoms with Gasteiger partial charge < -0.3 is 5.11 Å². The monoisotopic (exact) mass is 391 g/mol. The highest BCUT2D eigenvalue weighted by Crippen LogP contribution is 2.28. The zero-order valence-corrected chi connectivity index (χ0v) is 15.9. The number of carboxylic acids is 1. The van der Waals surface area contributed by atoms with E-state index >= 15 is 0 Å². The van der Waals surface area contributed by atoms with Crippen LogP contribution in [0.2, 0.25) is 0 Å². The molecule has 2 heterocycles.